The zero-order chi connectivity index (χ0) is 10.8. The Balaban J connectivity index is 2.84. The van der Waals surface area contributed by atoms with Crippen LogP contribution in [0.25, 0.3) is 0 Å². The molecule has 0 radical (unpaired) electrons. The van der Waals surface area contributed by atoms with Gasteiger partial charge in [-0.25, -0.2) is 13.2 Å². The molecule has 0 bridgehead atoms. The predicted octanol–water partition coefficient (Wildman–Crippen LogP) is -0.307. The quantitative estimate of drug-likeness (QED) is 0.686. The molecule has 1 rings (SSSR count). The molecule has 0 fully saturated rings. The zero-order valence-electron chi connectivity index (χ0n) is 7.44. The van der Waals surface area contributed by atoms with Gasteiger partial charge in [0.2, 0.25) is 19.3 Å². The zero-order valence-corrected chi connectivity index (χ0v) is 9.07. The maximum atomic E-state index is 11.0. The standard InChI is InChI=1S/C5H8N4O3S2/c1-6-3(10)7-4-8-9-5(13-4)14(2,11)12/h1-2H3,(H2,6,7,8,10). The number of urea groups is 1. The minimum Gasteiger partial charge on any atom is -0.341 e. The Labute approximate surface area is 84.5 Å². The molecule has 1 aromatic heterocycles. The lowest BCUT2D eigenvalue weighted by Crippen LogP contribution is -2.24. The van der Waals surface area contributed by atoms with Crippen molar-refractivity contribution in [2.75, 3.05) is 18.6 Å². The monoisotopic (exact) mass is 236 g/mol. The topological polar surface area (TPSA) is 101 Å². The van der Waals surface area contributed by atoms with Crippen LogP contribution >= 0.6 is 11.3 Å². The minimum absolute atomic E-state index is 0.121. The number of nitrogens with zero attached hydrogens (tertiary/aromatic N) is 2. The second-order valence-electron chi connectivity index (χ2n) is 2.35. The SMILES string of the molecule is CNC(=O)Nc1nnc(S(C)(=O)=O)s1. The van der Waals surface area contributed by atoms with E-state index in [9.17, 15) is 13.2 Å². The van der Waals surface area contributed by atoms with Crippen LogP contribution in [-0.4, -0.2) is 37.9 Å². The molecule has 0 aliphatic carbocycles. The van der Waals surface area contributed by atoms with Crippen LogP contribution in [0, 0.1) is 0 Å². The Kier molecular flexibility index (Phi) is 3.01. The molecule has 0 aromatic carbocycles. The average molecular weight is 236 g/mol. The molecule has 0 atom stereocenters. The summed E-state index contributed by atoms with van der Waals surface area (Å²) in [5.41, 5.74) is 0. The van der Waals surface area contributed by atoms with Crippen molar-refractivity contribution in [3.05, 3.63) is 0 Å². The molecule has 7 nitrogen and oxygen atoms in total. The van der Waals surface area contributed by atoms with Gasteiger partial charge in [0, 0.05) is 13.3 Å². The maximum Gasteiger partial charge on any atom is 0.320 e. The highest BCUT2D eigenvalue weighted by atomic mass is 32.2. The first kappa shape index (κ1) is 10.9. The first-order chi connectivity index (χ1) is 6.43. The van der Waals surface area contributed by atoms with Crippen LogP contribution in [0.15, 0.2) is 4.34 Å². The Bertz CT molecular complexity index is 438. The predicted molar refractivity (Wildman–Crippen MR) is 51.1 cm³/mol. The van der Waals surface area contributed by atoms with Gasteiger partial charge in [-0.2, -0.15) is 0 Å². The average Bonchev–Trinajstić information content (AvgIpc) is 2.51. The highest BCUT2D eigenvalue weighted by Gasteiger charge is 2.14. The fourth-order valence-corrected chi connectivity index (χ4v) is 2.07. The number of nitrogens with one attached hydrogen (secondary N) is 2. The summed E-state index contributed by atoms with van der Waals surface area (Å²) in [6.07, 6.45) is 1.02. The fourth-order valence-electron chi connectivity index (χ4n) is 0.570. The van der Waals surface area contributed by atoms with Crippen molar-refractivity contribution in [2.24, 2.45) is 0 Å². The van der Waals surface area contributed by atoms with Crippen LogP contribution in [0.4, 0.5) is 9.93 Å². The van der Waals surface area contributed by atoms with Crippen LogP contribution in [0.3, 0.4) is 0 Å². The third-order valence-electron chi connectivity index (χ3n) is 1.17. The van der Waals surface area contributed by atoms with Crippen molar-refractivity contribution < 1.29 is 13.2 Å². The summed E-state index contributed by atoms with van der Waals surface area (Å²) in [6.45, 7) is 0. The molecule has 2 N–H and O–H groups in total. The molecule has 2 amide bonds. The van der Waals surface area contributed by atoms with Gasteiger partial charge in [-0.15, -0.1) is 10.2 Å². The Morgan fingerprint density at radius 1 is 1.43 bits per heavy atom. The number of rotatable bonds is 2. The molecule has 14 heavy (non-hydrogen) atoms. The van der Waals surface area contributed by atoms with E-state index < -0.39 is 15.9 Å². The Morgan fingerprint density at radius 2 is 2.07 bits per heavy atom. The Hall–Kier alpha value is -1.22. The molecular weight excluding hydrogens is 228 g/mol. The van der Waals surface area contributed by atoms with Gasteiger partial charge in [-0.3, -0.25) is 5.32 Å². The maximum absolute atomic E-state index is 11.0. The second kappa shape index (κ2) is 3.88. The molecule has 0 unspecified atom stereocenters. The van der Waals surface area contributed by atoms with Crippen LogP contribution < -0.4 is 10.6 Å². The van der Waals surface area contributed by atoms with E-state index in [4.69, 9.17) is 0 Å². The van der Waals surface area contributed by atoms with E-state index in [0.717, 1.165) is 17.6 Å². The van der Waals surface area contributed by atoms with E-state index in [0.29, 0.717) is 0 Å². The molecule has 9 heteroatoms. The third-order valence-corrected chi connectivity index (χ3v) is 3.68. The first-order valence-electron chi connectivity index (χ1n) is 3.46. The van der Waals surface area contributed by atoms with Crippen molar-refractivity contribution >= 4 is 32.3 Å². The van der Waals surface area contributed by atoms with E-state index in [1.54, 1.807) is 0 Å². The Morgan fingerprint density at radius 3 is 2.50 bits per heavy atom. The van der Waals surface area contributed by atoms with Crippen molar-refractivity contribution in [3.63, 3.8) is 0 Å². The third kappa shape index (κ3) is 2.64. The first-order valence-corrected chi connectivity index (χ1v) is 6.16. The van der Waals surface area contributed by atoms with Crippen molar-refractivity contribution in [3.8, 4) is 0 Å². The molecule has 0 saturated carbocycles. The van der Waals surface area contributed by atoms with Crippen LogP contribution in [0.5, 0.6) is 0 Å². The van der Waals surface area contributed by atoms with Crippen LogP contribution in [-0.2, 0) is 9.84 Å². The fraction of sp³-hybridized carbons (Fsp3) is 0.400. The van der Waals surface area contributed by atoms with E-state index in [2.05, 4.69) is 20.8 Å². The lowest BCUT2D eigenvalue weighted by Gasteiger charge is -1.96. The number of aromatic nitrogens is 2. The summed E-state index contributed by atoms with van der Waals surface area (Å²) in [4.78, 5) is 10.8. The molecule has 0 aliphatic rings. The number of carbonyl (C=O) groups is 1. The van der Waals surface area contributed by atoms with Gasteiger partial charge in [-0.1, -0.05) is 11.3 Å². The number of carbonyl (C=O) groups excluding carboxylic acids is 1. The van der Waals surface area contributed by atoms with Crippen molar-refractivity contribution in [1.82, 2.24) is 15.5 Å². The lowest BCUT2D eigenvalue weighted by molar-refractivity contribution is 0.254. The number of sulfone groups is 1. The molecule has 1 aromatic rings. The number of amides is 2. The molecule has 0 aliphatic heterocycles. The van der Waals surface area contributed by atoms with Gasteiger partial charge in [-0.05, 0) is 0 Å². The van der Waals surface area contributed by atoms with Gasteiger partial charge in [0.05, 0.1) is 0 Å². The van der Waals surface area contributed by atoms with Gasteiger partial charge in [0.15, 0.2) is 0 Å². The molecular formula is C5H8N4O3S2. The number of anilines is 1. The van der Waals surface area contributed by atoms with Crippen LogP contribution in [0.1, 0.15) is 0 Å². The van der Waals surface area contributed by atoms with Gasteiger partial charge < -0.3 is 5.32 Å². The summed E-state index contributed by atoms with van der Waals surface area (Å²) in [5, 5.41) is 11.7. The van der Waals surface area contributed by atoms with E-state index in [-0.39, 0.29) is 9.47 Å². The number of hydrogen-bond acceptors (Lipinski definition) is 6. The summed E-state index contributed by atoms with van der Waals surface area (Å²) >= 11 is 0.801. The van der Waals surface area contributed by atoms with E-state index in [1.807, 2.05) is 0 Å². The summed E-state index contributed by atoms with van der Waals surface area (Å²) in [6, 6.07) is -0.471. The molecule has 0 spiro atoms. The van der Waals surface area contributed by atoms with Crippen molar-refractivity contribution in [2.45, 2.75) is 4.34 Å². The lowest BCUT2D eigenvalue weighted by atomic mass is 10.9. The van der Waals surface area contributed by atoms with Crippen LogP contribution in [0.2, 0.25) is 0 Å². The normalized spacial score (nSPS) is 11.0. The smallest absolute Gasteiger partial charge is 0.320 e. The highest BCUT2D eigenvalue weighted by molar-refractivity contribution is 7.92. The second-order valence-corrected chi connectivity index (χ2v) is 5.52. The molecule has 78 valence electrons. The van der Waals surface area contributed by atoms with Gasteiger partial charge in [0.25, 0.3) is 0 Å². The molecule has 1 heterocycles. The van der Waals surface area contributed by atoms with Gasteiger partial charge in [0.1, 0.15) is 0 Å². The van der Waals surface area contributed by atoms with Gasteiger partial charge >= 0.3 is 6.03 Å². The van der Waals surface area contributed by atoms with E-state index >= 15 is 0 Å². The van der Waals surface area contributed by atoms with Crippen molar-refractivity contribution in [1.29, 1.82) is 0 Å². The molecule has 0 saturated heterocycles. The highest BCUT2D eigenvalue weighted by Crippen LogP contribution is 2.19. The summed E-state index contributed by atoms with van der Waals surface area (Å²) in [5.74, 6) is 0. The van der Waals surface area contributed by atoms with E-state index in [1.165, 1.54) is 7.05 Å². The largest absolute Gasteiger partial charge is 0.341 e. The summed E-state index contributed by atoms with van der Waals surface area (Å²) in [7, 11) is -1.91. The minimum atomic E-state index is -3.35. The summed E-state index contributed by atoms with van der Waals surface area (Å²) < 4.78 is 21.8. The number of hydrogen-bond donors (Lipinski definition) is 2.